The van der Waals surface area contributed by atoms with Gasteiger partial charge in [0, 0.05) is 32.1 Å². The van der Waals surface area contributed by atoms with Gasteiger partial charge in [0.1, 0.15) is 5.82 Å². The Morgan fingerprint density at radius 2 is 2.08 bits per heavy atom. The van der Waals surface area contributed by atoms with Gasteiger partial charge in [0.2, 0.25) is 11.8 Å². The molecule has 2 aliphatic rings. The Morgan fingerprint density at radius 1 is 1.28 bits per heavy atom. The number of thiazole rings is 1. The number of rotatable bonds is 2. The second-order valence-electron chi connectivity index (χ2n) is 6.48. The first-order valence-corrected chi connectivity index (χ1v) is 9.28. The van der Waals surface area contributed by atoms with Crippen LogP contribution >= 0.6 is 11.3 Å². The molecule has 0 spiro atoms. The summed E-state index contributed by atoms with van der Waals surface area (Å²) in [7, 11) is 0. The molecule has 1 aromatic heterocycles. The van der Waals surface area contributed by atoms with Crippen molar-refractivity contribution in [3.63, 3.8) is 0 Å². The zero-order chi connectivity index (χ0) is 17.4. The van der Waals surface area contributed by atoms with E-state index < -0.39 is 0 Å². The molecule has 3 heterocycles. The van der Waals surface area contributed by atoms with E-state index in [2.05, 4.69) is 15.2 Å². The van der Waals surface area contributed by atoms with E-state index in [4.69, 9.17) is 0 Å². The van der Waals surface area contributed by atoms with Crippen LogP contribution in [0.3, 0.4) is 0 Å². The Hall–Kier alpha value is -2.22. The first-order chi connectivity index (χ1) is 12.1. The molecule has 1 N–H and O–H groups in total. The van der Waals surface area contributed by atoms with E-state index in [1.807, 2.05) is 0 Å². The number of amides is 2. The van der Waals surface area contributed by atoms with Crippen molar-refractivity contribution in [3.05, 3.63) is 24.0 Å². The molecule has 6 nitrogen and oxygen atoms in total. The predicted molar refractivity (Wildman–Crippen MR) is 94.1 cm³/mol. The van der Waals surface area contributed by atoms with Gasteiger partial charge in [0.15, 0.2) is 5.13 Å². The largest absolute Gasteiger partial charge is 0.353 e. The molecule has 0 atom stereocenters. The smallest absolute Gasteiger partial charge is 0.239 e. The molecule has 0 bridgehead atoms. The lowest BCUT2D eigenvalue weighted by atomic mass is 9.95. The second-order valence-corrected chi connectivity index (χ2v) is 7.49. The lowest BCUT2D eigenvalue weighted by molar-refractivity contribution is -0.141. The van der Waals surface area contributed by atoms with Crippen LogP contribution in [0, 0.1) is 11.7 Å². The van der Waals surface area contributed by atoms with Crippen LogP contribution in [-0.2, 0) is 9.59 Å². The molecule has 4 rings (SSSR count). The molecular weight excluding hydrogens is 343 g/mol. The third-order valence-electron chi connectivity index (χ3n) is 4.80. The van der Waals surface area contributed by atoms with Gasteiger partial charge < -0.3 is 15.1 Å². The summed E-state index contributed by atoms with van der Waals surface area (Å²) < 4.78 is 14.2. The van der Waals surface area contributed by atoms with Gasteiger partial charge in [0.25, 0.3) is 0 Å². The maximum atomic E-state index is 13.3. The van der Waals surface area contributed by atoms with Gasteiger partial charge in [-0.3, -0.25) is 9.59 Å². The molecule has 2 aliphatic heterocycles. The van der Waals surface area contributed by atoms with Crippen LogP contribution in [0.4, 0.5) is 9.52 Å². The number of aromatic nitrogens is 1. The molecule has 8 heteroatoms. The van der Waals surface area contributed by atoms with Gasteiger partial charge in [-0.25, -0.2) is 9.37 Å². The number of carbonyl (C=O) groups is 2. The van der Waals surface area contributed by atoms with E-state index in [1.54, 1.807) is 11.0 Å². The van der Waals surface area contributed by atoms with E-state index in [0.29, 0.717) is 13.1 Å². The molecule has 2 saturated heterocycles. The Morgan fingerprint density at radius 3 is 2.84 bits per heavy atom. The van der Waals surface area contributed by atoms with Crippen LogP contribution in [0.1, 0.15) is 12.8 Å². The molecule has 2 fully saturated rings. The van der Waals surface area contributed by atoms with Crippen LogP contribution in [0.2, 0.25) is 0 Å². The standard InChI is InChI=1S/C17H19FN4O2S/c18-12-1-2-13-14(9-12)25-17(20-13)21-6-3-11(4-7-21)16(24)22-8-5-19-15(23)10-22/h1-2,9,11H,3-8,10H2,(H,19,23). The predicted octanol–water partition coefficient (Wildman–Crippen LogP) is 1.61. The van der Waals surface area contributed by atoms with Crippen LogP contribution in [0.25, 0.3) is 10.2 Å². The van der Waals surface area contributed by atoms with Crippen LogP contribution in [0.15, 0.2) is 18.2 Å². The van der Waals surface area contributed by atoms with Crippen molar-refractivity contribution in [2.45, 2.75) is 12.8 Å². The van der Waals surface area contributed by atoms with Crippen LogP contribution < -0.4 is 10.2 Å². The average molecular weight is 362 g/mol. The number of anilines is 1. The topological polar surface area (TPSA) is 65.5 Å². The zero-order valence-corrected chi connectivity index (χ0v) is 14.5. The number of nitrogens with zero attached hydrogens (tertiary/aromatic N) is 3. The molecular formula is C17H19FN4O2S. The summed E-state index contributed by atoms with van der Waals surface area (Å²) in [5.74, 6) is -0.286. The zero-order valence-electron chi connectivity index (χ0n) is 13.7. The number of piperazine rings is 1. The number of hydrogen-bond donors (Lipinski definition) is 1. The fraction of sp³-hybridized carbons (Fsp3) is 0.471. The lowest BCUT2D eigenvalue weighted by Gasteiger charge is -2.35. The summed E-state index contributed by atoms with van der Waals surface area (Å²) in [6, 6.07) is 4.63. The molecule has 0 saturated carbocycles. The number of fused-ring (bicyclic) bond motifs is 1. The fourth-order valence-corrected chi connectivity index (χ4v) is 4.47. The summed E-state index contributed by atoms with van der Waals surface area (Å²) in [6.45, 7) is 2.79. The number of carbonyl (C=O) groups excluding carboxylic acids is 2. The molecule has 0 aliphatic carbocycles. The van der Waals surface area contributed by atoms with E-state index in [0.717, 1.165) is 41.3 Å². The molecule has 132 valence electrons. The summed E-state index contributed by atoms with van der Waals surface area (Å²) in [5.41, 5.74) is 0.805. The average Bonchev–Trinajstić information content (AvgIpc) is 3.04. The third kappa shape index (κ3) is 3.30. The quantitative estimate of drug-likeness (QED) is 0.882. The molecule has 2 amide bonds. The van der Waals surface area contributed by atoms with Crippen molar-refractivity contribution in [2.75, 3.05) is 37.6 Å². The van der Waals surface area contributed by atoms with Crippen molar-refractivity contribution in [1.82, 2.24) is 15.2 Å². The molecule has 2 aromatic rings. The van der Waals surface area contributed by atoms with Crippen molar-refractivity contribution in [3.8, 4) is 0 Å². The Kier molecular flexibility index (Phi) is 4.29. The minimum absolute atomic E-state index is 0.0334. The number of nitrogens with one attached hydrogen (secondary N) is 1. The van der Waals surface area contributed by atoms with Gasteiger partial charge in [-0.1, -0.05) is 11.3 Å². The van der Waals surface area contributed by atoms with Crippen LogP contribution in [-0.4, -0.2) is 54.4 Å². The summed E-state index contributed by atoms with van der Waals surface area (Å²) in [4.78, 5) is 32.5. The summed E-state index contributed by atoms with van der Waals surface area (Å²) in [6.07, 6.45) is 1.50. The first kappa shape index (κ1) is 16.3. The second kappa shape index (κ2) is 6.59. The van der Waals surface area contributed by atoms with Crippen molar-refractivity contribution >= 4 is 38.5 Å². The molecule has 0 radical (unpaired) electrons. The van der Waals surface area contributed by atoms with E-state index in [-0.39, 0.29) is 30.1 Å². The van der Waals surface area contributed by atoms with Gasteiger partial charge in [-0.2, -0.15) is 0 Å². The van der Waals surface area contributed by atoms with E-state index in [1.165, 1.54) is 23.5 Å². The fourth-order valence-electron chi connectivity index (χ4n) is 3.42. The van der Waals surface area contributed by atoms with E-state index >= 15 is 0 Å². The van der Waals surface area contributed by atoms with Gasteiger partial charge in [-0.15, -0.1) is 0 Å². The number of hydrogen-bond acceptors (Lipinski definition) is 5. The number of benzene rings is 1. The Balaban J connectivity index is 1.40. The Bertz CT molecular complexity index is 816. The summed E-state index contributed by atoms with van der Waals surface area (Å²) >= 11 is 1.48. The SMILES string of the molecule is O=C1CN(C(=O)C2CCN(c3nc4ccc(F)cc4s3)CC2)CCN1. The van der Waals surface area contributed by atoms with Gasteiger partial charge in [-0.05, 0) is 31.0 Å². The van der Waals surface area contributed by atoms with Gasteiger partial charge >= 0.3 is 0 Å². The van der Waals surface area contributed by atoms with Crippen molar-refractivity contribution < 1.29 is 14.0 Å². The maximum absolute atomic E-state index is 13.3. The van der Waals surface area contributed by atoms with Crippen LogP contribution in [0.5, 0.6) is 0 Å². The molecule has 25 heavy (non-hydrogen) atoms. The highest BCUT2D eigenvalue weighted by atomic mass is 32.1. The lowest BCUT2D eigenvalue weighted by Crippen LogP contribution is -2.52. The maximum Gasteiger partial charge on any atom is 0.239 e. The first-order valence-electron chi connectivity index (χ1n) is 8.47. The summed E-state index contributed by atoms with van der Waals surface area (Å²) in [5, 5.41) is 3.62. The highest BCUT2D eigenvalue weighted by Crippen LogP contribution is 2.32. The monoisotopic (exact) mass is 362 g/mol. The van der Waals surface area contributed by atoms with Crippen molar-refractivity contribution in [1.29, 1.82) is 0 Å². The van der Waals surface area contributed by atoms with E-state index in [9.17, 15) is 14.0 Å². The normalized spacial score (nSPS) is 19.3. The number of halogens is 1. The van der Waals surface area contributed by atoms with Gasteiger partial charge in [0.05, 0.1) is 16.8 Å². The molecule has 0 unspecified atom stereocenters. The molecule has 1 aromatic carbocycles. The minimum Gasteiger partial charge on any atom is -0.353 e. The van der Waals surface area contributed by atoms with Crippen molar-refractivity contribution in [2.24, 2.45) is 5.92 Å². The Labute approximate surface area is 148 Å². The highest BCUT2D eigenvalue weighted by molar-refractivity contribution is 7.22. The minimum atomic E-state index is -0.252. The third-order valence-corrected chi connectivity index (χ3v) is 5.88. The number of piperidine rings is 1. The highest BCUT2D eigenvalue weighted by Gasteiger charge is 2.31.